The number of guanidine groups is 1. The second-order valence-corrected chi connectivity index (χ2v) is 8.33. The lowest BCUT2D eigenvalue weighted by atomic mass is 9.97. The maximum absolute atomic E-state index is 5.18. The van der Waals surface area contributed by atoms with E-state index in [9.17, 15) is 0 Å². The normalized spacial score (nSPS) is 21.0. The molecule has 1 aromatic rings. The molecule has 1 saturated heterocycles. The Morgan fingerprint density at radius 1 is 1.28 bits per heavy atom. The van der Waals surface area contributed by atoms with Gasteiger partial charge in [-0.1, -0.05) is 13.8 Å². The van der Waals surface area contributed by atoms with Crippen LogP contribution in [0.1, 0.15) is 50.7 Å². The van der Waals surface area contributed by atoms with Crippen molar-refractivity contribution >= 4 is 29.9 Å². The summed E-state index contributed by atoms with van der Waals surface area (Å²) >= 11 is 0. The first-order valence-corrected chi connectivity index (χ1v) is 10.7. The molecule has 1 aromatic heterocycles. The van der Waals surface area contributed by atoms with Gasteiger partial charge in [-0.05, 0) is 38.3 Å². The number of nitrogens with zero attached hydrogens (tertiary/aromatic N) is 5. The molecule has 1 atom stereocenters. The number of aliphatic imine (C=N–C) groups is 1. The Morgan fingerprint density at radius 3 is 2.69 bits per heavy atom. The smallest absolute Gasteiger partial charge is 0.191 e. The summed E-state index contributed by atoms with van der Waals surface area (Å²) in [5, 5.41) is 11.8. The van der Waals surface area contributed by atoms with Gasteiger partial charge in [0.25, 0.3) is 0 Å². The van der Waals surface area contributed by atoms with Crippen LogP contribution >= 0.6 is 24.0 Å². The highest BCUT2D eigenvalue weighted by atomic mass is 127. The number of aromatic nitrogens is 3. The van der Waals surface area contributed by atoms with Crippen LogP contribution < -0.4 is 10.6 Å². The predicted octanol–water partition coefficient (Wildman–Crippen LogP) is 1.86. The van der Waals surface area contributed by atoms with Crippen LogP contribution in [0.3, 0.4) is 0 Å². The van der Waals surface area contributed by atoms with Gasteiger partial charge in [0.1, 0.15) is 5.82 Å². The molecule has 2 N–H and O–H groups in total. The first-order valence-electron chi connectivity index (χ1n) is 10.7. The van der Waals surface area contributed by atoms with E-state index in [0.29, 0.717) is 17.9 Å². The topological polar surface area (TPSA) is 79.6 Å². The van der Waals surface area contributed by atoms with E-state index < -0.39 is 0 Å². The van der Waals surface area contributed by atoms with Crippen LogP contribution in [0.4, 0.5) is 0 Å². The highest BCUT2D eigenvalue weighted by Gasteiger charge is 2.24. The molecule has 0 radical (unpaired) electrons. The third kappa shape index (κ3) is 7.06. The number of hydrogen-bond acceptors (Lipinski definition) is 5. The number of fused-ring (bicyclic) bond motifs is 1. The van der Waals surface area contributed by atoms with Crippen molar-refractivity contribution in [2.45, 2.75) is 58.0 Å². The maximum Gasteiger partial charge on any atom is 0.191 e. The van der Waals surface area contributed by atoms with Crippen molar-refractivity contribution in [1.29, 1.82) is 0 Å². The highest BCUT2D eigenvalue weighted by molar-refractivity contribution is 14.0. The van der Waals surface area contributed by atoms with Gasteiger partial charge < -0.3 is 20.3 Å². The molecule has 1 fully saturated rings. The van der Waals surface area contributed by atoms with Crippen molar-refractivity contribution in [3.63, 3.8) is 0 Å². The zero-order chi connectivity index (χ0) is 19.9. The average Bonchev–Trinajstić information content (AvgIpc) is 3.14. The molecule has 1 unspecified atom stereocenters. The van der Waals surface area contributed by atoms with E-state index in [2.05, 4.69) is 49.1 Å². The fourth-order valence-electron chi connectivity index (χ4n) is 3.95. The van der Waals surface area contributed by atoms with Gasteiger partial charge in [0.05, 0.1) is 13.2 Å². The van der Waals surface area contributed by atoms with Crippen molar-refractivity contribution in [1.82, 2.24) is 30.3 Å². The van der Waals surface area contributed by atoms with Gasteiger partial charge in [0.15, 0.2) is 11.8 Å². The number of rotatable bonds is 7. The Bertz CT molecular complexity index is 641. The maximum atomic E-state index is 5.18. The SMILES string of the molecule is CN=C(NCC1CCN(CCOC)CC1)NC1CCc2nc(C(C)C)nn2C1.I. The Balaban J connectivity index is 0.00000300. The number of nitrogens with one attached hydrogen (secondary N) is 2. The number of aryl methyl sites for hydroxylation is 1. The van der Waals surface area contributed by atoms with Crippen LogP contribution in [-0.2, 0) is 17.7 Å². The van der Waals surface area contributed by atoms with E-state index in [-0.39, 0.29) is 24.0 Å². The molecule has 0 aromatic carbocycles. The number of halogens is 1. The third-order valence-electron chi connectivity index (χ3n) is 5.83. The Kier molecular flexibility index (Phi) is 10.1. The molecule has 2 aliphatic heterocycles. The van der Waals surface area contributed by atoms with Crippen molar-refractivity contribution in [3.05, 3.63) is 11.6 Å². The molecule has 0 aliphatic carbocycles. The van der Waals surface area contributed by atoms with Gasteiger partial charge in [-0.3, -0.25) is 4.99 Å². The molecular weight excluding hydrogens is 481 g/mol. The summed E-state index contributed by atoms with van der Waals surface area (Å²) in [6.45, 7) is 10.3. The summed E-state index contributed by atoms with van der Waals surface area (Å²) in [5.74, 6) is 4.05. The summed E-state index contributed by atoms with van der Waals surface area (Å²) in [4.78, 5) is 11.6. The van der Waals surface area contributed by atoms with E-state index >= 15 is 0 Å². The molecule has 29 heavy (non-hydrogen) atoms. The lowest BCUT2D eigenvalue weighted by molar-refractivity contribution is 0.121. The van der Waals surface area contributed by atoms with Gasteiger partial charge in [0.2, 0.25) is 0 Å². The molecule has 3 rings (SSSR count). The summed E-state index contributed by atoms with van der Waals surface area (Å²) in [5.41, 5.74) is 0. The van der Waals surface area contributed by atoms with E-state index in [1.807, 2.05) is 7.05 Å². The zero-order valence-electron chi connectivity index (χ0n) is 18.4. The summed E-state index contributed by atoms with van der Waals surface area (Å²) in [6, 6.07) is 0.344. The van der Waals surface area contributed by atoms with Crippen molar-refractivity contribution in [2.24, 2.45) is 10.9 Å². The fourth-order valence-corrected chi connectivity index (χ4v) is 3.95. The summed E-state index contributed by atoms with van der Waals surface area (Å²) < 4.78 is 7.25. The van der Waals surface area contributed by atoms with Crippen molar-refractivity contribution in [3.8, 4) is 0 Å². The standard InChI is InChI=1S/C20H37N7O.HI/c1-15(2)19-24-18-6-5-17(14-27(18)25-19)23-20(21-3)22-13-16-7-9-26(10-8-16)11-12-28-4;/h15-17H,5-14H2,1-4H3,(H2,21,22,23);1H. The lowest BCUT2D eigenvalue weighted by Crippen LogP contribution is -2.48. The molecule has 2 aliphatic rings. The van der Waals surface area contributed by atoms with Crippen LogP contribution in [0.2, 0.25) is 0 Å². The molecule has 0 amide bonds. The average molecular weight is 519 g/mol. The van der Waals surface area contributed by atoms with E-state index in [4.69, 9.17) is 4.74 Å². The molecule has 166 valence electrons. The minimum Gasteiger partial charge on any atom is -0.383 e. The van der Waals surface area contributed by atoms with E-state index in [1.54, 1.807) is 7.11 Å². The van der Waals surface area contributed by atoms with Crippen LogP contribution in [0.5, 0.6) is 0 Å². The molecule has 0 bridgehead atoms. The third-order valence-corrected chi connectivity index (χ3v) is 5.83. The molecule has 0 spiro atoms. The molecule has 0 saturated carbocycles. The van der Waals surface area contributed by atoms with Crippen LogP contribution in [0.15, 0.2) is 4.99 Å². The van der Waals surface area contributed by atoms with Gasteiger partial charge in [0, 0.05) is 45.6 Å². The number of ether oxygens (including phenoxy) is 1. The van der Waals surface area contributed by atoms with Crippen LogP contribution in [0.25, 0.3) is 0 Å². The second-order valence-electron chi connectivity index (χ2n) is 8.33. The first kappa shape index (κ1) is 24.3. The fraction of sp³-hybridized carbons (Fsp3) is 0.850. The molecular formula is C20H38IN7O. The Morgan fingerprint density at radius 2 is 2.03 bits per heavy atom. The van der Waals surface area contributed by atoms with Crippen LogP contribution in [-0.4, -0.2) is 78.6 Å². The lowest BCUT2D eigenvalue weighted by Gasteiger charge is -2.32. The Labute approximate surface area is 192 Å². The van der Waals surface area contributed by atoms with E-state index in [1.165, 1.54) is 12.8 Å². The van der Waals surface area contributed by atoms with E-state index in [0.717, 1.165) is 69.8 Å². The van der Waals surface area contributed by atoms with Crippen molar-refractivity contribution < 1.29 is 4.74 Å². The van der Waals surface area contributed by atoms with Crippen LogP contribution in [0, 0.1) is 5.92 Å². The number of methoxy groups -OCH3 is 1. The Hall–Kier alpha value is -0.940. The van der Waals surface area contributed by atoms with Gasteiger partial charge in [-0.2, -0.15) is 5.10 Å². The minimum atomic E-state index is 0. The number of piperidine rings is 1. The summed E-state index contributed by atoms with van der Waals surface area (Å²) in [6.07, 6.45) is 4.50. The first-order chi connectivity index (χ1) is 13.6. The molecule has 3 heterocycles. The van der Waals surface area contributed by atoms with Gasteiger partial charge in [-0.25, -0.2) is 9.67 Å². The zero-order valence-corrected chi connectivity index (χ0v) is 20.7. The second kappa shape index (κ2) is 12.0. The monoisotopic (exact) mass is 519 g/mol. The number of hydrogen-bond donors (Lipinski definition) is 2. The quantitative estimate of drug-likeness (QED) is 0.325. The summed E-state index contributed by atoms with van der Waals surface area (Å²) in [7, 11) is 3.62. The predicted molar refractivity (Wildman–Crippen MR) is 127 cm³/mol. The molecule has 9 heteroatoms. The molecule has 8 nitrogen and oxygen atoms in total. The van der Waals surface area contributed by atoms with Gasteiger partial charge >= 0.3 is 0 Å². The minimum absolute atomic E-state index is 0. The van der Waals surface area contributed by atoms with Gasteiger partial charge in [-0.15, -0.1) is 24.0 Å². The largest absolute Gasteiger partial charge is 0.383 e. The highest BCUT2D eigenvalue weighted by Crippen LogP contribution is 2.18. The van der Waals surface area contributed by atoms with Crippen molar-refractivity contribution in [2.75, 3.05) is 46.9 Å². The number of likely N-dealkylation sites (tertiary alicyclic amines) is 1.